The van der Waals surface area contributed by atoms with Crippen LogP contribution in [0.1, 0.15) is 88.5 Å². The summed E-state index contributed by atoms with van der Waals surface area (Å²) in [5.74, 6) is 0.817. The smallest absolute Gasteiger partial charge is 0.205 e. The van der Waals surface area contributed by atoms with Crippen LogP contribution >= 0.6 is 11.8 Å². The van der Waals surface area contributed by atoms with E-state index in [9.17, 15) is 10.2 Å². The van der Waals surface area contributed by atoms with Gasteiger partial charge in [0.15, 0.2) is 12.1 Å². The van der Waals surface area contributed by atoms with Crippen LogP contribution in [0.3, 0.4) is 0 Å². The van der Waals surface area contributed by atoms with Gasteiger partial charge in [-0.1, -0.05) is 25.6 Å². The Morgan fingerprint density at radius 1 is 0.972 bits per heavy atom. The minimum Gasteiger partial charge on any atom is -0.395 e. The molecule has 2 aromatic rings. The highest BCUT2D eigenvalue weighted by Crippen LogP contribution is 2.54. The molecule has 2 unspecified atom stereocenters. The van der Waals surface area contributed by atoms with Crippen LogP contribution in [0.2, 0.25) is 0 Å². The molecule has 3 heterocycles. The van der Waals surface area contributed by atoms with E-state index in [1.165, 1.54) is 43.1 Å². The number of aryl methyl sites for hydroxylation is 2. The van der Waals surface area contributed by atoms with Crippen molar-refractivity contribution in [3.63, 3.8) is 0 Å². The Morgan fingerprint density at radius 2 is 1.67 bits per heavy atom. The molecule has 2 aromatic carbocycles. The number of anilines is 1. The summed E-state index contributed by atoms with van der Waals surface area (Å²) in [6, 6.07) is 4.61. The van der Waals surface area contributed by atoms with E-state index in [0.717, 1.165) is 23.9 Å². The average molecular weight is 509 g/mol. The molecule has 0 bridgehead atoms. The number of hydrogen-bond donors (Lipinski definition) is 2. The Morgan fingerprint density at radius 3 is 2.33 bits per heavy atom. The van der Waals surface area contributed by atoms with Crippen LogP contribution in [0.25, 0.3) is 0 Å². The summed E-state index contributed by atoms with van der Waals surface area (Å²) in [5.41, 5.74) is 7.51. The molecule has 3 aliphatic rings. The van der Waals surface area contributed by atoms with Crippen molar-refractivity contribution in [3.05, 3.63) is 45.1 Å². The molecule has 36 heavy (non-hydrogen) atoms. The zero-order valence-electron chi connectivity index (χ0n) is 23.2. The molecule has 0 aromatic heterocycles. The summed E-state index contributed by atoms with van der Waals surface area (Å²) in [7, 11) is 0. The highest BCUT2D eigenvalue weighted by Gasteiger charge is 2.42. The largest absolute Gasteiger partial charge is 0.395 e. The summed E-state index contributed by atoms with van der Waals surface area (Å²) in [5, 5.41) is 22.2. The van der Waals surface area contributed by atoms with Crippen molar-refractivity contribution >= 4 is 23.1 Å². The van der Waals surface area contributed by atoms with Gasteiger partial charge in [0.25, 0.3) is 0 Å². The second-order valence-corrected chi connectivity index (χ2v) is 13.4. The lowest BCUT2D eigenvalue weighted by Crippen LogP contribution is -2.54. The topological polar surface area (TPSA) is 59.1 Å². The van der Waals surface area contributed by atoms with E-state index in [1.807, 2.05) is 11.8 Å². The number of β-amino-alcohol motifs (C(OH)–C–C–N with tert-alkyl or cyclic N) is 2. The minimum absolute atomic E-state index is 0.00908. The van der Waals surface area contributed by atoms with Gasteiger partial charge in [-0.25, -0.2) is 9.57 Å². The highest BCUT2D eigenvalue weighted by molar-refractivity contribution is 7.99. The minimum atomic E-state index is -0.00908. The fourth-order valence-electron chi connectivity index (χ4n) is 7.27. The normalized spacial score (nSPS) is 23.4. The molecule has 2 N–H and O–H groups in total. The van der Waals surface area contributed by atoms with Crippen molar-refractivity contribution in [2.24, 2.45) is 4.99 Å². The van der Waals surface area contributed by atoms with Crippen molar-refractivity contribution in [3.8, 4) is 0 Å². The molecule has 0 saturated carbocycles. The molecule has 0 amide bonds. The number of nitrogens with zero attached hydrogens (tertiary/aromatic N) is 3. The quantitative estimate of drug-likeness (QED) is 0.507. The summed E-state index contributed by atoms with van der Waals surface area (Å²) < 4.78 is 2.41. The number of fused-ring (bicyclic) bond motifs is 6. The third-order valence-corrected chi connectivity index (χ3v) is 9.87. The van der Waals surface area contributed by atoms with Crippen LogP contribution in [0.15, 0.2) is 26.9 Å². The maximum atomic E-state index is 9.90. The highest BCUT2D eigenvalue weighted by atomic mass is 32.2. The van der Waals surface area contributed by atoms with E-state index >= 15 is 0 Å². The molecule has 3 aliphatic heterocycles. The lowest BCUT2D eigenvalue weighted by Gasteiger charge is -2.48. The molecular formula is C30H42N3O2S+. The van der Waals surface area contributed by atoms with Gasteiger partial charge >= 0.3 is 0 Å². The maximum Gasteiger partial charge on any atom is 0.205 e. The van der Waals surface area contributed by atoms with Crippen molar-refractivity contribution in [1.82, 2.24) is 4.58 Å². The summed E-state index contributed by atoms with van der Waals surface area (Å²) in [6.45, 7) is 19.8. The Labute approximate surface area is 220 Å². The Bertz CT molecular complexity index is 1360. The third kappa shape index (κ3) is 3.83. The summed E-state index contributed by atoms with van der Waals surface area (Å²) in [4.78, 5) is 10.3. The lowest BCUT2D eigenvalue weighted by molar-refractivity contribution is 0.212. The molecule has 0 spiro atoms. The van der Waals surface area contributed by atoms with E-state index in [-0.39, 0.29) is 24.3 Å². The van der Waals surface area contributed by atoms with Crippen LogP contribution in [-0.4, -0.2) is 47.6 Å². The van der Waals surface area contributed by atoms with Crippen molar-refractivity contribution in [1.29, 1.82) is 0 Å². The van der Waals surface area contributed by atoms with Crippen LogP contribution in [0, 0.1) is 13.8 Å². The van der Waals surface area contributed by atoms with Gasteiger partial charge in [-0.05, 0) is 82.6 Å². The van der Waals surface area contributed by atoms with Gasteiger partial charge < -0.3 is 15.1 Å². The van der Waals surface area contributed by atoms with Gasteiger partial charge in [0.2, 0.25) is 5.36 Å². The zero-order chi connectivity index (χ0) is 26.2. The first-order chi connectivity index (χ1) is 16.9. The Hall–Kier alpha value is -1.89. The fourth-order valence-corrected chi connectivity index (χ4v) is 8.91. The molecule has 5 rings (SSSR count). The molecule has 0 fully saturated rings. The fraction of sp³-hybridized carbons (Fsp3) is 0.600. The van der Waals surface area contributed by atoms with Gasteiger partial charge in [-0.3, -0.25) is 0 Å². The van der Waals surface area contributed by atoms with Crippen LogP contribution in [0.5, 0.6) is 0 Å². The lowest BCUT2D eigenvalue weighted by atomic mass is 9.79. The van der Waals surface area contributed by atoms with E-state index < -0.39 is 0 Å². The van der Waals surface area contributed by atoms with E-state index in [0.29, 0.717) is 24.9 Å². The van der Waals surface area contributed by atoms with Crippen LogP contribution < -0.4 is 20.2 Å². The number of hydrogen-bond acceptors (Lipinski definition) is 5. The molecule has 0 saturated heterocycles. The Kier molecular flexibility index (Phi) is 6.33. The number of rotatable bonds is 4. The SMILES string of the molecule is Cc1cc2c(c3c1N=c1c(C)cc4c(c1S3)C(C)CC(C)(C)[N+]=4CCO)C(C)CC(C)(C)N2CCO. The third-order valence-electron chi connectivity index (χ3n) is 8.64. The predicted octanol–water partition coefficient (Wildman–Crippen LogP) is 4.57. The van der Waals surface area contributed by atoms with E-state index in [1.54, 1.807) is 0 Å². The summed E-state index contributed by atoms with van der Waals surface area (Å²) >= 11 is 1.92. The van der Waals surface area contributed by atoms with Crippen LogP contribution in [0.4, 0.5) is 11.4 Å². The average Bonchev–Trinajstić information content (AvgIpc) is 2.77. The first-order valence-electron chi connectivity index (χ1n) is 13.4. The molecule has 2 atom stereocenters. The second kappa shape index (κ2) is 8.85. The first kappa shape index (κ1) is 25.7. The standard InChI is InChI=1S/C30H42N3O2S/c1-17-13-21-23(19(3)15-29(5,6)32(21)9-11-34)27-25(17)31-26-18(2)14-22-24(28(26)36-27)20(4)16-30(7,8)33(22)10-12-35/h13-14,19-20,34-35H,9-12,15-16H2,1-8H3/q+1. The van der Waals surface area contributed by atoms with E-state index in [4.69, 9.17) is 4.99 Å². The molecule has 5 nitrogen and oxygen atoms in total. The maximum absolute atomic E-state index is 9.90. The van der Waals surface area contributed by atoms with Gasteiger partial charge in [-0.2, -0.15) is 0 Å². The molecule has 6 heteroatoms. The molecular weight excluding hydrogens is 466 g/mol. The van der Waals surface area contributed by atoms with Gasteiger partial charge in [0.05, 0.1) is 17.7 Å². The van der Waals surface area contributed by atoms with Crippen molar-refractivity contribution < 1.29 is 10.2 Å². The van der Waals surface area contributed by atoms with Gasteiger partial charge in [0.1, 0.15) is 6.61 Å². The first-order valence-corrected chi connectivity index (χ1v) is 14.2. The number of benzene rings is 2. The second-order valence-electron chi connectivity index (χ2n) is 12.4. The van der Waals surface area contributed by atoms with Crippen molar-refractivity contribution in [2.45, 2.75) is 101 Å². The Balaban J connectivity index is 1.82. The molecule has 0 radical (unpaired) electrons. The predicted molar refractivity (Wildman–Crippen MR) is 149 cm³/mol. The number of aliphatic hydroxyl groups is 2. The monoisotopic (exact) mass is 508 g/mol. The van der Waals surface area contributed by atoms with Gasteiger partial charge in [0, 0.05) is 45.6 Å². The summed E-state index contributed by atoms with van der Waals surface area (Å²) in [6.07, 6.45) is 2.09. The van der Waals surface area contributed by atoms with Gasteiger partial charge in [-0.15, -0.1) is 0 Å². The zero-order valence-corrected chi connectivity index (χ0v) is 24.0. The van der Waals surface area contributed by atoms with E-state index in [2.05, 4.69) is 77.0 Å². The van der Waals surface area contributed by atoms with Crippen molar-refractivity contribution in [2.75, 3.05) is 31.2 Å². The molecule has 0 aliphatic carbocycles. The number of aliphatic hydroxyl groups excluding tert-OH is 2. The van der Waals surface area contributed by atoms with Crippen LogP contribution in [-0.2, 0) is 0 Å². The molecule has 194 valence electrons.